The fourth-order valence-electron chi connectivity index (χ4n) is 3.42. The third-order valence-electron chi connectivity index (χ3n) is 4.82. The molecule has 0 spiro atoms. The molecular weight excluding hydrogens is 348 g/mol. The highest BCUT2D eigenvalue weighted by atomic mass is 28.4. The second-order valence-corrected chi connectivity index (χ2v) is 11.2. The first-order valence-electron chi connectivity index (χ1n) is 8.40. The number of aromatic nitrogens is 2. The van der Waals surface area contributed by atoms with Gasteiger partial charge in [0.2, 0.25) is 0 Å². The van der Waals surface area contributed by atoms with E-state index in [1.807, 2.05) is 27.7 Å². The zero-order valence-corrected chi connectivity index (χ0v) is 15.7. The Bertz CT molecular complexity index is 695. The van der Waals surface area contributed by atoms with Gasteiger partial charge in [-0.3, -0.25) is 9.37 Å². The van der Waals surface area contributed by atoms with Crippen molar-refractivity contribution in [3.05, 3.63) is 33.1 Å². The van der Waals surface area contributed by atoms with E-state index in [2.05, 4.69) is 4.98 Å². The Morgan fingerprint density at radius 3 is 2.56 bits per heavy atom. The van der Waals surface area contributed by atoms with E-state index in [-0.39, 0.29) is 17.7 Å². The van der Waals surface area contributed by atoms with Crippen LogP contribution in [-0.4, -0.2) is 48.1 Å². The Morgan fingerprint density at radius 1 is 1.28 bits per heavy atom. The molecule has 2 fully saturated rings. The van der Waals surface area contributed by atoms with Crippen molar-refractivity contribution in [2.75, 3.05) is 6.61 Å². The lowest BCUT2D eigenvalue weighted by molar-refractivity contribution is -0.278. The number of hydrogen-bond donors (Lipinski definition) is 2. The quantitative estimate of drug-likeness (QED) is 0.583. The second-order valence-electron chi connectivity index (χ2n) is 7.03. The van der Waals surface area contributed by atoms with Gasteiger partial charge in [-0.15, -0.1) is 0 Å². The highest BCUT2D eigenvalue weighted by molar-refractivity contribution is 6.70. The summed E-state index contributed by atoms with van der Waals surface area (Å²) in [6, 6.07) is 1.19. The van der Waals surface area contributed by atoms with Gasteiger partial charge in [0.1, 0.15) is 12.2 Å². The second kappa shape index (κ2) is 6.78. The van der Waals surface area contributed by atoms with Crippen LogP contribution in [0.25, 0.3) is 0 Å². The molecule has 4 atom stereocenters. The molecule has 0 aromatic carbocycles. The molecule has 3 rings (SSSR count). The number of fused-ring (bicyclic) bond motifs is 1. The van der Waals surface area contributed by atoms with Crippen molar-refractivity contribution in [2.24, 2.45) is 0 Å². The number of aromatic amines is 1. The summed E-state index contributed by atoms with van der Waals surface area (Å²) in [6.07, 6.45) is -2.64. The summed E-state index contributed by atoms with van der Waals surface area (Å²) in [5.74, 6) is 0. The van der Waals surface area contributed by atoms with Crippen LogP contribution in [0.4, 0.5) is 0 Å². The summed E-state index contributed by atoms with van der Waals surface area (Å²) in [4.78, 5) is 31.9. The van der Waals surface area contributed by atoms with Crippen LogP contribution in [0.5, 0.6) is 0 Å². The lowest BCUT2D eigenvalue weighted by atomic mass is 10.1. The third kappa shape index (κ3) is 3.02. The highest BCUT2D eigenvalue weighted by Crippen LogP contribution is 2.40. The predicted molar refractivity (Wildman–Crippen MR) is 89.1 cm³/mol. The van der Waals surface area contributed by atoms with Crippen molar-refractivity contribution in [3.8, 4) is 0 Å². The first-order valence-corrected chi connectivity index (χ1v) is 10.4. The number of aliphatic hydroxyl groups is 1. The number of rotatable bonds is 3. The SMILES string of the molecule is CC(C)[Si]1(C(C)C)OC[C@H]2O[C@@H](n3c(=O)cc[nH]c3=O)[C@@H](O)[C@@H]2OO1. The average Bonchev–Trinajstić information content (AvgIpc) is 2.73. The van der Waals surface area contributed by atoms with Crippen molar-refractivity contribution in [1.29, 1.82) is 0 Å². The van der Waals surface area contributed by atoms with Crippen LogP contribution in [0.2, 0.25) is 11.1 Å². The van der Waals surface area contributed by atoms with E-state index >= 15 is 0 Å². The summed E-state index contributed by atoms with van der Waals surface area (Å²) < 4.78 is 18.4. The maximum Gasteiger partial charge on any atom is 0.380 e. The molecule has 0 unspecified atom stereocenters. The minimum absolute atomic E-state index is 0.138. The Balaban J connectivity index is 1.86. The van der Waals surface area contributed by atoms with E-state index in [4.69, 9.17) is 18.6 Å². The van der Waals surface area contributed by atoms with Gasteiger partial charge in [-0.1, -0.05) is 27.7 Å². The fourth-order valence-corrected chi connectivity index (χ4v) is 6.54. The van der Waals surface area contributed by atoms with Crippen LogP contribution < -0.4 is 11.2 Å². The van der Waals surface area contributed by atoms with E-state index < -0.39 is 44.3 Å². The molecule has 0 bridgehead atoms. The lowest BCUT2D eigenvalue weighted by Crippen LogP contribution is -2.48. The molecular formula is C15H24N2O7Si. The Morgan fingerprint density at radius 2 is 1.96 bits per heavy atom. The number of ether oxygens (including phenoxy) is 1. The van der Waals surface area contributed by atoms with Gasteiger partial charge in [0.05, 0.1) is 6.61 Å². The Kier molecular flexibility index (Phi) is 5.01. The molecule has 1 aromatic rings. The van der Waals surface area contributed by atoms with E-state index in [0.29, 0.717) is 0 Å². The van der Waals surface area contributed by atoms with Gasteiger partial charge < -0.3 is 19.3 Å². The molecule has 0 saturated carbocycles. The topological polar surface area (TPSA) is 112 Å². The minimum atomic E-state index is -2.66. The molecule has 2 aliphatic heterocycles. The molecule has 25 heavy (non-hydrogen) atoms. The summed E-state index contributed by atoms with van der Waals surface area (Å²) in [5.41, 5.74) is -0.959. The van der Waals surface area contributed by atoms with Gasteiger partial charge in [0, 0.05) is 12.3 Å². The molecule has 140 valence electrons. The maximum absolute atomic E-state index is 12.0. The smallest absolute Gasteiger partial charge is 0.380 e. The molecule has 9 nitrogen and oxygen atoms in total. The van der Waals surface area contributed by atoms with E-state index in [9.17, 15) is 14.7 Å². The third-order valence-corrected chi connectivity index (χ3v) is 9.02. The van der Waals surface area contributed by atoms with E-state index in [1.54, 1.807) is 0 Å². The fraction of sp³-hybridized carbons (Fsp3) is 0.733. The first kappa shape index (κ1) is 18.5. The minimum Gasteiger partial charge on any atom is -0.390 e. The van der Waals surface area contributed by atoms with Crippen LogP contribution in [0.15, 0.2) is 21.9 Å². The van der Waals surface area contributed by atoms with Crippen molar-refractivity contribution in [3.63, 3.8) is 0 Å². The standard InChI is InChI=1S/C15H24N2O7Si/c1-8(2)25(9(3)4)21-7-10-13(23-24-25)12(19)14(22-10)17-11(18)5-6-16-15(17)20/h5-6,8-10,12-14,19H,7H2,1-4H3,(H,16,20)/t10-,12+,13-,14-/m1/s1. The summed E-state index contributed by atoms with van der Waals surface area (Å²) >= 11 is 0. The van der Waals surface area contributed by atoms with Crippen molar-refractivity contribution in [1.82, 2.24) is 9.55 Å². The van der Waals surface area contributed by atoms with Crippen molar-refractivity contribution >= 4 is 8.56 Å². The van der Waals surface area contributed by atoms with Crippen LogP contribution in [0.3, 0.4) is 0 Å². The number of nitrogens with zero attached hydrogens (tertiary/aromatic N) is 1. The summed E-state index contributed by atoms with van der Waals surface area (Å²) in [6.45, 7) is 8.22. The van der Waals surface area contributed by atoms with Gasteiger partial charge in [-0.25, -0.2) is 14.2 Å². The van der Waals surface area contributed by atoms with Gasteiger partial charge in [-0.2, -0.15) is 0 Å². The van der Waals surface area contributed by atoms with Crippen molar-refractivity contribution in [2.45, 2.75) is 63.3 Å². The molecule has 3 heterocycles. The molecule has 2 N–H and O–H groups in total. The Labute approximate surface area is 145 Å². The van der Waals surface area contributed by atoms with Gasteiger partial charge in [0.15, 0.2) is 12.3 Å². The molecule has 0 radical (unpaired) electrons. The molecule has 1 aromatic heterocycles. The predicted octanol–water partition coefficient (Wildman–Crippen LogP) is 0.404. The number of aliphatic hydroxyl groups excluding tert-OH is 1. The van der Waals surface area contributed by atoms with Crippen LogP contribution in [0, 0.1) is 0 Å². The number of H-pyrrole nitrogens is 1. The van der Waals surface area contributed by atoms with Crippen LogP contribution in [-0.2, 0) is 18.6 Å². The Hall–Kier alpha value is -1.30. The van der Waals surface area contributed by atoms with Gasteiger partial charge >= 0.3 is 14.3 Å². The van der Waals surface area contributed by atoms with Gasteiger partial charge in [0.25, 0.3) is 5.56 Å². The lowest BCUT2D eigenvalue weighted by Gasteiger charge is -2.34. The van der Waals surface area contributed by atoms with E-state index in [0.717, 1.165) is 4.57 Å². The van der Waals surface area contributed by atoms with E-state index in [1.165, 1.54) is 12.3 Å². The first-order chi connectivity index (χ1) is 11.8. The highest BCUT2D eigenvalue weighted by Gasteiger charge is 2.55. The summed E-state index contributed by atoms with van der Waals surface area (Å²) in [7, 11) is -2.66. The molecule has 0 aliphatic carbocycles. The molecule has 2 saturated heterocycles. The largest absolute Gasteiger partial charge is 0.390 e. The van der Waals surface area contributed by atoms with Crippen LogP contribution >= 0.6 is 0 Å². The number of nitrogens with one attached hydrogen (secondary N) is 1. The molecule has 10 heteroatoms. The van der Waals surface area contributed by atoms with Gasteiger partial charge in [-0.05, 0) is 11.1 Å². The summed E-state index contributed by atoms with van der Waals surface area (Å²) in [5, 5.41) is 10.6. The van der Waals surface area contributed by atoms with Crippen LogP contribution in [0.1, 0.15) is 33.9 Å². The zero-order valence-electron chi connectivity index (χ0n) is 14.7. The number of hydrogen-bond acceptors (Lipinski definition) is 7. The molecule has 0 amide bonds. The monoisotopic (exact) mass is 372 g/mol. The van der Waals surface area contributed by atoms with Crippen molar-refractivity contribution < 1.29 is 23.7 Å². The maximum atomic E-state index is 12.0. The average molecular weight is 372 g/mol. The normalized spacial score (nSPS) is 32.0. The zero-order chi connectivity index (χ0) is 18.4. The molecule has 2 aliphatic rings.